The van der Waals surface area contributed by atoms with Gasteiger partial charge in [0.2, 0.25) is 0 Å². The van der Waals surface area contributed by atoms with Crippen LogP contribution in [-0.4, -0.2) is 0 Å². The van der Waals surface area contributed by atoms with Gasteiger partial charge in [-0.15, -0.1) is 0 Å². The summed E-state index contributed by atoms with van der Waals surface area (Å²) in [6.45, 7) is 1.98. The van der Waals surface area contributed by atoms with Crippen molar-refractivity contribution in [3.63, 3.8) is 0 Å². The first kappa shape index (κ1) is 11.8. The lowest BCUT2D eigenvalue weighted by atomic mass is 10.0. The van der Waals surface area contributed by atoms with E-state index in [1.165, 1.54) is 0 Å². The van der Waals surface area contributed by atoms with E-state index in [9.17, 15) is 0 Å². The van der Waals surface area contributed by atoms with Gasteiger partial charge in [-0.2, -0.15) is 0 Å². The first-order valence-corrected chi connectivity index (χ1v) is 5.93. The van der Waals surface area contributed by atoms with Crippen LogP contribution in [0.4, 0.5) is 0 Å². The van der Waals surface area contributed by atoms with Crippen LogP contribution in [-0.2, 0) is 0 Å². The summed E-state index contributed by atoms with van der Waals surface area (Å²) in [6.07, 6.45) is 0. The zero-order valence-electron chi connectivity index (χ0n) is 8.60. The highest BCUT2D eigenvalue weighted by Gasteiger charge is 2.07. The van der Waals surface area contributed by atoms with E-state index in [-0.39, 0.29) is 0 Å². The standard InChI is InChI=1S/C13H9Cl3/c1-8-3-2-4-10(13(8)16)9-5-6-11(14)12(15)7-9/h2-7H,1H3. The molecule has 0 fully saturated rings. The molecule has 2 aromatic rings. The lowest BCUT2D eigenvalue weighted by Crippen LogP contribution is -1.83. The molecule has 0 nitrogen and oxygen atoms in total. The van der Waals surface area contributed by atoms with E-state index in [1.807, 2.05) is 37.3 Å². The molecular weight excluding hydrogens is 263 g/mol. The molecule has 82 valence electrons. The Bertz CT molecular complexity index is 533. The monoisotopic (exact) mass is 270 g/mol. The first-order chi connectivity index (χ1) is 7.59. The summed E-state index contributed by atoms with van der Waals surface area (Å²) in [7, 11) is 0. The lowest BCUT2D eigenvalue weighted by Gasteiger charge is -2.07. The van der Waals surface area contributed by atoms with Crippen molar-refractivity contribution >= 4 is 34.8 Å². The fourth-order valence-electron chi connectivity index (χ4n) is 1.53. The third kappa shape index (κ3) is 2.20. The average Bonchev–Trinajstić information content (AvgIpc) is 2.26. The van der Waals surface area contributed by atoms with E-state index < -0.39 is 0 Å². The van der Waals surface area contributed by atoms with E-state index >= 15 is 0 Å². The molecule has 0 unspecified atom stereocenters. The third-order valence-electron chi connectivity index (χ3n) is 2.42. The minimum Gasteiger partial charge on any atom is -0.0834 e. The number of aryl methyl sites for hydroxylation is 1. The third-order valence-corrected chi connectivity index (χ3v) is 3.66. The lowest BCUT2D eigenvalue weighted by molar-refractivity contribution is 1.46. The van der Waals surface area contributed by atoms with E-state index in [2.05, 4.69) is 0 Å². The van der Waals surface area contributed by atoms with Crippen molar-refractivity contribution in [1.82, 2.24) is 0 Å². The second kappa shape index (κ2) is 4.67. The highest BCUT2D eigenvalue weighted by atomic mass is 35.5. The molecule has 2 rings (SSSR count). The predicted octanol–water partition coefficient (Wildman–Crippen LogP) is 5.62. The second-order valence-corrected chi connectivity index (χ2v) is 4.76. The molecule has 16 heavy (non-hydrogen) atoms. The van der Waals surface area contributed by atoms with Gasteiger partial charge in [0.1, 0.15) is 0 Å². The van der Waals surface area contributed by atoms with Gasteiger partial charge in [-0.05, 0) is 30.2 Å². The van der Waals surface area contributed by atoms with Crippen LogP contribution < -0.4 is 0 Å². The van der Waals surface area contributed by atoms with Gasteiger partial charge in [-0.1, -0.05) is 59.1 Å². The topological polar surface area (TPSA) is 0 Å². The van der Waals surface area contributed by atoms with Gasteiger partial charge in [-0.3, -0.25) is 0 Å². The van der Waals surface area contributed by atoms with Crippen molar-refractivity contribution in [3.05, 3.63) is 57.0 Å². The molecule has 0 aliphatic carbocycles. The zero-order chi connectivity index (χ0) is 11.7. The van der Waals surface area contributed by atoms with E-state index in [1.54, 1.807) is 6.07 Å². The number of halogens is 3. The van der Waals surface area contributed by atoms with Crippen molar-refractivity contribution < 1.29 is 0 Å². The smallest absolute Gasteiger partial charge is 0.0598 e. The van der Waals surface area contributed by atoms with Crippen molar-refractivity contribution in [2.75, 3.05) is 0 Å². The molecule has 0 spiro atoms. The van der Waals surface area contributed by atoms with Gasteiger partial charge in [0.25, 0.3) is 0 Å². The summed E-state index contributed by atoms with van der Waals surface area (Å²) >= 11 is 18.1. The Morgan fingerprint density at radius 3 is 2.31 bits per heavy atom. The van der Waals surface area contributed by atoms with Crippen LogP contribution in [0.2, 0.25) is 15.1 Å². The maximum absolute atomic E-state index is 6.24. The summed E-state index contributed by atoms with van der Waals surface area (Å²) in [6, 6.07) is 11.4. The number of hydrogen-bond donors (Lipinski definition) is 0. The maximum Gasteiger partial charge on any atom is 0.0598 e. The molecule has 0 aliphatic heterocycles. The Balaban J connectivity index is 2.59. The van der Waals surface area contributed by atoms with Crippen LogP contribution in [0.25, 0.3) is 11.1 Å². The Morgan fingerprint density at radius 1 is 0.875 bits per heavy atom. The van der Waals surface area contributed by atoms with Gasteiger partial charge in [0.05, 0.1) is 15.1 Å². The summed E-state index contributed by atoms with van der Waals surface area (Å²) in [4.78, 5) is 0. The van der Waals surface area contributed by atoms with Crippen LogP contribution in [0.1, 0.15) is 5.56 Å². The minimum atomic E-state index is 0.539. The second-order valence-electron chi connectivity index (χ2n) is 3.57. The normalized spacial score (nSPS) is 10.5. The molecule has 0 amide bonds. The molecule has 0 saturated carbocycles. The summed E-state index contributed by atoms with van der Waals surface area (Å²) in [5.74, 6) is 0. The van der Waals surface area contributed by atoms with Crippen molar-refractivity contribution in [2.24, 2.45) is 0 Å². The maximum atomic E-state index is 6.24. The molecule has 0 heterocycles. The van der Waals surface area contributed by atoms with E-state index in [0.717, 1.165) is 21.7 Å². The highest BCUT2D eigenvalue weighted by molar-refractivity contribution is 6.42. The number of benzene rings is 2. The summed E-state index contributed by atoms with van der Waals surface area (Å²) < 4.78 is 0. The van der Waals surface area contributed by atoms with Crippen LogP contribution >= 0.6 is 34.8 Å². The molecule has 0 aliphatic rings. The van der Waals surface area contributed by atoms with Gasteiger partial charge in [-0.25, -0.2) is 0 Å². The fourth-order valence-corrected chi connectivity index (χ4v) is 2.07. The van der Waals surface area contributed by atoms with Gasteiger partial charge in [0.15, 0.2) is 0 Å². The minimum absolute atomic E-state index is 0.539. The van der Waals surface area contributed by atoms with E-state index in [0.29, 0.717) is 10.0 Å². The molecule has 0 atom stereocenters. The van der Waals surface area contributed by atoms with Crippen LogP contribution in [0.3, 0.4) is 0 Å². The van der Waals surface area contributed by atoms with Crippen molar-refractivity contribution in [2.45, 2.75) is 6.92 Å². The molecule has 0 aromatic heterocycles. The Hall–Kier alpha value is -0.690. The largest absolute Gasteiger partial charge is 0.0834 e. The molecule has 0 radical (unpaired) electrons. The molecule has 3 heteroatoms. The van der Waals surface area contributed by atoms with E-state index in [4.69, 9.17) is 34.8 Å². The van der Waals surface area contributed by atoms with Gasteiger partial charge in [0, 0.05) is 5.56 Å². The molecule has 2 aromatic carbocycles. The fraction of sp³-hybridized carbons (Fsp3) is 0.0769. The van der Waals surface area contributed by atoms with Crippen molar-refractivity contribution in [1.29, 1.82) is 0 Å². The average molecular weight is 272 g/mol. The van der Waals surface area contributed by atoms with Crippen LogP contribution in [0.15, 0.2) is 36.4 Å². The van der Waals surface area contributed by atoms with Crippen molar-refractivity contribution in [3.8, 4) is 11.1 Å². The quantitative estimate of drug-likeness (QED) is 0.631. The summed E-state index contributed by atoms with van der Waals surface area (Å²) in [5.41, 5.74) is 2.99. The SMILES string of the molecule is Cc1cccc(-c2ccc(Cl)c(Cl)c2)c1Cl. The predicted molar refractivity (Wildman–Crippen MR) is 71.6 cm³/mol. The van der Waals surface area contributed by atoms with Crippen LogP contribution in [0, 0.1) is 6.92 Å². The van der Waals surface area contributed by atoms with Crippen LogP contribution in [0.5, 0.6) is 0 Å². The van der Waals surface area contributed by atoms with Gasteiger partial charge < -0.3 is 0 Å². The Labute approximate surface area is 110 Å². The molecule has 0 bridgehead atoms. The number of hydrogen-bond acceptors (Lipinski definition) is 0. The molecule has 0 saturated heterocycles. The zero-order valence-corrected chi connectivity index (χ0v) is 10.9. The first-order valence-electron chi connectivity index (χ1n) is 4.80. The molecular formula is C13H9Cl3. The van der Waals surface area contributed by atoms with Gasteiger partial charge >= 0.3 is 0 Å². The Kier molecular flexibility index (Phi) is 3.44. The summed E-state index contributed by atoms with van der Waals surface area (Å²) in [5, 5.41) is 1.84. The Morgan fingerprint density at radius 2 is 1.62 bits per heavy atom. The molecule has 0 N–H and O–H groups in total. The highest BCUT2D eigenvalue weighted by Crippen LogP contribution is 2.33. The number of rotatable bonds is 1.